The Hall–Kier alpha value is -1.19. The quantitative estimate of drug-likeness (QED) is 0.620. The second-order valence-corrected chi connectivity index (χ2v) is 6.25. The number of benzene rings is 2. The summed E-state index contributed by atoms with van der Waals surface area (Å²) in [6, 6.07) is 15.1. The molecule has 0 N–H and O–H groups in total. The molecule has 1 heterocycles. The molecule has 0 saturated heterocycles. The number of nitrogens with zero attached hydrogens (tertiary/aromatic N) is 1. The van der Waals surface area contributed by atoms with Crippen molar-refractivity contribution in [1.82, 2.24) is 0 Å². The van der Waals surface area contributed by atoms with E-state index in [1.165, 1.54) is 21.3 Å². The lowest BCUT2D eigenvalue weighted by atomic mass is 10.2. The summed E-state index contributed by atoms with van der Waals surface area (Å²) in [7, 11) is 0. The second-order valence-electron chi connectivity index (χ2n) is 4.45. The molecule has 3 aromatic rings. The fraction of sp³-hybridized carbons (Fsp3) is 0.133. The van der Waals surface area contributed by atoms with Crippen LogP contribution in [0.25, 0.3) is 10.2 Å². The van der Waals surface area contributed by atoms with E-state index >= 15 is 0 Å². The van der Waals surface area contributed by atoms with Crippen LogP contribution >= 0.6 is 27.3 Å². The van der Waals surface area contributed by atoms with Gasteiger partial charge in [-0.2, -0.15) is 4.57 Å². The summed E-state index contributed by atoms with van der Waals surface area (Å²) < 4.78 is 4.79. The number of fused-ring (bicyclic) bond motifs is 1. The maximum absolute atomic E-state index is 3.47. The van der Waals surface area contributed by atoms with E-state index in [2.05, 4.69) is 75.4 Å². The molecule has 1 nitrogen and oxygen atoms in total. The smallest absolute Gasteiger partial charge is 0.184 e. The Labute approximate surface area is 119 Å². The molecule has 18 heavy (non-hydrogen) atoms. The van der Waals surface area contributed by atoms with Crippen molar-refractivity contribution in [3.05, 3.63) is 63.6 Å². The maximum atomic E-state index is 3.47. The van der Waals surface area contributed by atoms with Crippen molar-refractivity contribution in [1.29, 1.82) is 0 Å². The summed E-state index contributed by atoms with van der Waals surface area (Å²) in [4.78, 5) is 0. The minimum absolute atomic E-state index is 0.927. The van der Waals surface area contributed by atoms with Crippen LogP contribution in [0.1, 0.15) is 11.1 Å². The van der Waals surface area contributed by atoms with Gasteiger partial charge in [0.2, 0.25) is 11.0 Å². The minimum atomic E-state index is 0.927. The third kappa shape index (κ3) is 2.33. The molecule has 0 bridgehead atoms. The fourth-order valence-corrected chi connectivity index (χ4v) is 3.29. The number of hydrogen-bond acceptors (Lipinski definition) is 1. The molecule has 90 valence electrons. The minimum Gasteiger partial charge on any atom is -0.184 e. The molecule has 3 heteroatoms. The molecule has 0 fully saturated rings. The van der Waals surface area contributed by atoms with Crippen LogP contribution in [-0.2, 0) is 6.54 Å². The maximum Gasteiger partial charge on any atom is 0.226 e. The highest BCUT2D eigenvalue weighted by Gasteiger charge is 2.11. The van der Waals surface area contributed by atoms with E-state index in [0.717, 1.165) is 11.0 Å². The molecule has 1 aromatic heterocycles. The zero-order chi connectivity index (χ0) is 12.5. The van der Waals surface area contributed by atoms with Gasteiger partial charge in [-0.1, -0.05) is 45.5 Å². The lowest BCUT2D eigenvalue weighted by Crippen LogP contribution is -2.31. The van der Waals surface area contributed by atoms with Gasteiger partial charge in [-0.05, 0) is 30.7 Å². The Bertz CT molecular complexity index is 685. The van der Waals surface area contributed by atoms with Gasteiger partial charge in [-0.15, -0.1) is 0 Å². The predicted octanol–water partition coefficient (Wildman–Crippen LogP) is 4.31. The molecule has 0 aliphatic heterocycles. The molecule has 0 spiro atoms. The summed E-state index contributed by atoms with van der Waals surface area (Å²) >= 11 is 5.27. The van der Waals surface area contributed by atoms with E-state index in [1.807, 2.05) is 0 Å². The van der Waals surface area contributed by atoms with Crippen molar-refractivity contribution < 1.29 is 4.57 Å². The van der Waals surface area contributed by atoms with Crippen LogP contribution in [0.15, 0.2) is 52.4 Å². The van der Waals surface area contributed by atoms with Crippen molar-refractivity contribution in [2.45, 2.75) is 13.5 Å². The van der Waals surface area contributed by atoms with Crippen molar-refractivity contribution in [3.8, 4) is 0 Å². The Morgan fingerprint density at radius 3 is 2.67 bits per heavy atom. The molecule has 0 amide bonds. The lowest BCUT2D eigenvalue weighted by Gasteiger charge is -1.97. The third-order valence-electron chi connectivity index (χ3n) is 3.00. The Kier molecular flexibility index (Phi) is 3.18. The molecule has 0 unspecified atom stereocenters. The normalized spacial score (nSPS) is 11.0. The van der Waals surface area contributed by atoms with E-state index in [-0.39, 0.29) is 0 Å². The van der Waals surface area contributed by atoms with Gasteiger partial charge in [0, 0.05) is 16.1 Å². The van der Waals surface area contributed by atoms with Gasteiger partial charge in [-0.3, -0.25) is 0 Å². The van der Waals surface area contributed by atoms with Crippen LogP contribution in [0.2, 0.25) is 0 Å². The monoisotopic (exact) mass is 318 g/mol. The van der Waals surface area contributed by atoms with Crippen LogP contribution in [0.5, 0.6) is 0 Å². The van der Waals surface area contributed by atoms with Crippen LogP contribution < -0.4 is 4.57 Å². The molecule has 0 saturated carbocycles. The van der Waals surface area contributed by atoms with Crippen molar-refractivity contribution in [2.24, 2.45) is 0 Å². The summed E-state index contributed by atoms with van der Waals surface area (Å²) in [6.07, 6.45) is 0. The number of hydrogen-bond donors (Lipinski definition) is 0. The zero-order valence-corrected chi connectivity index (χ0v) is 12.5. The molecule has 2 aromatic carbocycles. The summed E-state index contributed by atoms with van der Waals surface area (Å²) in [6.45, 7) is 3.06. The van der Waals surface area contributed by atoms with Crippen molar-refractivity contribution in [3.63, 3.8) is 0 Å². The molecule has 0 radical (unpaired) electrons. The highest BCUT2D eigenvalue weighted by Crippen LogP contribution is 2.18. The Morgan fingerprint density at radius 2 is 1.89 bits per heavy atom. The SMILES string of the molecule is Cc1ccc2c(c1)sc[n+]2Cc1ccc(Br)cc1. The number of halogens is 1. The molecular formula is C15H13BrNS+. The summed E-state index contributed by atoms with van der Waals surface area (Å²) in [5, 5.41) is 0. The number of thiazole rings is 1. The van der Waals surface area contributed by atoms with Crippen LogP contribution in [-0.4, -0.2) is 0 Å². The first-order valence-corrected chi connectivity index (χ1v) is 7.51. The van der Waals surface area contributed by atoms with E-state index in [1.54, 1.807) is 11.3 Å². The third-order valence-corrected chi connectivity index (χ3v) is 4.47. The molecule has 0 atom stereocenters. The van der Waals surface area contributed by atoms with Crippen LogP contribution in [0, 0.1) is 6.92 Å². The summed E-state index contributed by atoms with van der Waals surface area (Å²) in [5.74, 6) is 0. The van der Waals surface area contributed by atoms with E-state index < -0.39 is 0 Å². The number of aromatic nitrogens is 1. The molecule has 0 aliphatic carbocycles. The van der Waals surface area contributed by atoms with Gasteiger partial charge in [0.05, 0.1) is 0 Å². The fourth-order valence-electron chi connectivity index (χ4n) is 2.04. The number of rotatable bonds is 2. The Morgan fingerprint density at radius 1 is 1.11 bits per heavy atom. The molecule has 3 rings (SSSR count). The van der Waals surface area contributed by atoms with Crippen LogP contribution in [0.3, 0.4) is 0 Å². The van der Waals surface area contributed by atoms with Gasteiger partial charge in [0.25, 0.3) is 0 Å². The van der Waals surface area contributed by atoms with Crippen molar-refractivity contribution >= 4 is 37.5 Å². The van der Waals surface area contributed by atoms with Gasteiger partial charge >= 0.3 is 0 Å². The van der Waals surface area contributed by atoms with Crippen molar-refractivity contribution in [2.75, 3.05) is 0 Å². The summed E-state index contributed by atoms with van der Waals surface area (Å²) in [5.41, 5.74) is 6.16. The topological polar surface area (TPSA) is 3.88 Å². The second kappa shape index (κ2) is 4.82. The highest BCUT2D eigenvalue weighted by atomic mass is 79.9. The first kappa shape index (κ1) is 11.9. The van der Waals surface area contributed by atoms with E-state index in [0.29, 0.717) is 0 Å². The molecular weight excluding hydrogens is 306 g/mol. The number of aryl methyl sites for hydroxylation is 1. The van der Waals surface area contributed by atoms with Gasteiger partial charge in [-0.25, -0.2) is 0 Å². The zero-order valence-electron chi connectivity index (χ0n) is 10.1. The molecule has 0 aliphatic rings. The predicted molar refractivity (Wildman–Crippen MR) is 80.0 cm³/mol. The van der Waals surface area contributed by atoms with Gasteiger partial charge in [0.15, 0.2) is 6.54 Å². The Balaban J connectivity index is 1.97. The van der Waals surface area contributed by atoms with E-state index in [4.69, 9.17) is 0 Å². The first-order valence-electron chi connectivity index (χ1n) is 5.84. The van der Waals surface area contributed by atoms with Gasteiger partial charge in [0.1, 0.15) is 4.70 Å². The van der Waals surface area contributed by atoms with E-state index in [9.17, 15) is 0 Å². The van der Waals surface area contributed by atoms with Crippen LogP contribution in [0.4, 0.5) is 0 Å². The largest absolute Gasteiger partial charge is 0.226 e. The average Bonchev–Trinajstić information content (AvgIpc) is 2.74. The average molecular weight is 319 g/mol. The lowest BCUT2D eigenvalue weighted by molar-refractivity contribution is -0.658. The first-order chi connectivity index (χ1) is 8.72. The standard InChI is InChI=1S/C15H13BrNS/c1-11-2-7-14-15(8-11)18-10-17(14)9-12-3-5-13(16)6-4-12/h2-8,10H,9H2,1H3/q+1. The van der Waals surface area contributed by atoms with Gasteiger partial charge < -0.3 is 0 Å². The highest BCUT2D eigenvalue weighted by molar-refractivity contribution is 9.10.